The van der Waals surface area contributed by atoms with Crippen molar-refractivity contribution in [1.82, 2.24) is 4.98 Å². The highest BCUT2D eigenvalue weighted by molar-refractivity contribution is 5.94. The van der Waals surface area contributed by atoms with Gasteiger partial charge in [-0.3, -0.25) is 4.79 Å². The van der Waals surface area contributed by atoms with E-state index in [1.165, 1.54) is 12.3 Å². The lowest BCUT2D eigenvalue weighted by Crippen LogP contribution is -2.42. The predicted octanol–water partition coefficient (Wildman–Crippen LogP) is 1.09. The van der Waals surface area contributed by atoms with E-state index >= 15 is 0 Å². The number of aromatic carboxylic acids is 1. The van der Waals surface area contributed by atoms with Crippen LogP contribution in [0.4, 0.5) is 5.69 Å². The Labute approximate surface area is 116 Å². The number of rotatable bonds is 3. The first kappa shape index (κ1) is 13.1. The topological polar surface area (TPSA) is 105 Å². The Morgan fingerprint density at radius 3 is 2.60 bits per heavy atom. The van der Waals surface area contributed by atoms with E-state index in [0.29, 0.717) is 17.5 Å². The van der Waals surface area contributed by atoms with E-state index in [1.807, 2.05) is 0 Å². The fraction of sp³-hybridized carbons (Fsp3) is 0.500. The summed E-state index contributed by atoms with van der Waals surface area (Å²) in [5.41, 5.74) is 6.60. The van der Waals surface area contributed by atoms with Gasteiger partial charge < -0.3 is 16.2 Å². The Bertz CT molecular complexity index is 541. The first-order valence-electron chi connectivity index (χ1n) is 6.82. The number of carboxylic acid groups (broad SMARTS) is 1. The third-order valence-electron chi connectivity index (χ3n) is 4.53. The summed E-state index contributed by atoms with van der Waals surface area (Å²) in [5.74, 6) is -0.426. The minimum atomic E-state index is -1.09. The summed E-state index contributed by atoms with van der Waals surface area (Å²) in [7, 11) is 0. The molecule has 2 bridgehead atoms. The smallest absolute Gasteiger partial charge is 0.354 e. The molecule has 0 saturated heterocycles. The number of carboxylic acids is 1. The Morgan fingerprint density at radius 1 is 1.30 bits per heavy atom. The maximum atomic E-state index is 12.3. The molecule has 1 heterocycles. The van der Waals surface area contributed by atoms with Crippen molar-refractivity contribution >= 4 is 17.6 Å². The Hall–Kier alpha value is -1.95. The zero-order valence-electron chi connectivity index (χ0n) is 11.0. The molecule has 4 atom stereocenters. The standard InChI is InChI=1S/C14H17N3O3/c15-12-8-2-1-7(5-8)11(12)13(18)17-9-3-4-10(14(19)20)16-6-9/h3-4,6-8,11-12H,1-2,5,15H2,(H,17,18)(H,19,20). The molecule has 2 aliphatic carbocycles. The maximum Gasteiger partial charge on any atom is 0.354 e. The number of carbonyl (C=O) groups excluding carboxylic acids is 1. The van der Waals surface area contributed by atoms with Gasteiger partial charge in [0, 0.05) is 6.04 Å². The average molecular weight is 275 g/mol. The molecule has 3 rings (SSSR count). The van der Waals surface area contributed by atoms with Crippen LogP contribution < -0.4 is 11.1 Å². The first-order valence-corrected chi connectivity index (χ1v) is 6.82. The van der Waals surface area contributed by atoms with Crippen LogP contribution in [0.25, 0.3) is 0 Å². The molecule has 1 amide bonds. The van der Waals surface area contributed by atoms with Crippen LogP contribution in [0.3, 0.4) is 0 Å². The number of fused-ring (bicyclic) bond motifs is 2. The van der Waals surface area contributed by atoms with Crippen LogP contribution in [-0.2, 0) is 4.79 Å². The summed E-state index contributed by atoms with van der Waals surface area (Å²) in [6.45, 7) is 0. The zero-order chi connectivity index (χ0) is 14.3. The van der Waals surface area contributed by atoms with Gasteiger partial charge in [-0.25, -0.2) is 9.78 Å². The number of pyridine rings is 1. The monoisotopic (exact) mass is 275 g/mol. The van der Waals surface area contributed by atoms with E-state index in [9.17, 15) is 9.59 Å². The number of nitrogens with zero attached hydrogens (tertiary/aromatic N) is 1. The molecule has 0 spiro atoms. The zero-order valence-corrected chi connectivity index (χ0v) is 11.0. The van der Waals surface area contributed by atoms with Gasteiger partial charge in [-0.15, -0.1) is 0 Å². The molecule has 4 N–H and O–H groups in total. The van der Waals surface area contributed by atoms with Crippen LogP contribution in [0.2, 0.25) is 0 Å². The molecule has 4 unspecified atom stereocenters. The molecule has 2 fully saturated rings. The van der Waals surface area contributed by atoms with Crippen LogP contribution in [0.5, 0.6) is 0 Å². The van der Waals surface area contributed by atoms with Crippen LogP contribution in [0, 0.1) is 17.8 Å². The second kappa shape index (κ2) is 4.86. The summed E-state index contributed by atoms with van der Waals surface area (Å²) in [5, 5.41) is 11.6. The normalized spacial score (nSPS) is 31.2. The SMILES string of the molecule is NC1C2CCC(C2)C1C(=O)Nc1ccc(C(=O)O)nc1. The molecular formula is C14H17N3O3. The lowest BCUT2D eigenvalue weighted by Gasteiger charge is -2.26. The van der Waals surface area contributed by atoms with Crippen molar-refractivity contribution in [1.29, 1.82) is 0 Å². The van der Waals surface area contributed by atoms with Gasteiger partial charge in [0.2, 0.25) is 5.91 Å². The molecule has 106 valence electrons. The van der Waals surface area contributed by atoms with E-state index in [1.54, 1.807) is 6.07 Å². The van der Waals surface area contributed by atoms with Crippen molar-refractivity contribution in [2.45, 2.75) is 25.3 Å². The average Bonchev–Trinajstić information content (AvgIpc) is 2.99. The Morgan fingerprint density at radius 2 is 2.05 bits per heavy atom. The number of hydrogen-bond donors (Lipinski definition) is 3. The summed E-state index contributed by atoms with van der Waals surface area (Å²) >= 11 is 0. The molecule has 0 aromatic carbocycles. The van der Waals surface area contributed by atoms with E-state index in [-0.39, 0.29) is 23.6 Å². The molecule has 0 aliphatic heterocycles. The van der Waals surface area contributed by atoms with Crippen LogP contribution in [0.15, 0.2) is 18.3 Å². The summed E-state index contributed by atoms with van der Waals surface area (Å²) in [4.78, 5) is 26.8. The van der Waals surface area contributed by atoms with E-state index < -0.39 is 5.97 Å². The van der Waals surface area contributed by atoms with Crippen molar-refractivity contribution in [2.24, 2.45) is 23.5 Å². The molecule has 20 heavy (non-hydrogen) atoms. The maximum absolute atomic E-state index is 12.3. The number of amides is 1. The third kappa shape index (κ3) is 2.16. The largest absolute Gasteiger partial charge is 0.477 e. The fourth-order valence-electron chi connectivity index (χ4n) is 3.54. The van der Waals surface area contributed by atoms with Crippen molar-refractivity contribution < 1.29 is 14.7 Å². The van der Waals surface area contributed by atoms with Crippen LogP contribution >= 0.6 is 0 Å². The third-order valence-corrected chi connectivity index (χ3v) is 4.53. The lowest BCUT2D eigenvalue weighted by atomic mass is 9.84. The van der Waals surface area contributed by atoms with Crippen LogP contribution in [0.1, 0.15) is 29.8 Å². The van der Waals surface area contributed by atoms with Crippen molar-refractivity contribution in [2.75, 3.05) is 5.32 Å². The first-order chi connectivity index (χ1) is 9.56. The lowest BCUT2D eigenvalue weighted by molar-refractivity contribution is -0.121. The highest BCUT2D eigenvalue weighted by atomic mass is 16.4. The van der Waals surface area contributed by atoms with E-state index in [0.717, 1.165) is 19.3 Å². The van der Waals surface area contributed by atoms with Gasteiger partial charge in [-0.2, -0.15) is 0 Å². The number of hydrogen-bond acceptors (Lipinski definition) is 4. The minimum Gasteiger partial charge on any atom is -0.477 e. The van der Waals surface area contributed by atoms with Gasteiger partial charge in [0.05, 0.1) is 17.8 Å². The number of nitrogens with one attached hydrogen (secondary N) is 1. The molecule has 1 aromatic rings. The summed E-state index contributed by atoms with van der Waals surface area (Å²) in [6, 6.07) is 2.87. The van der Waals surface area contributed by atoms with Crippen LogP contribution in [-0.4, -0.2) is 28.0 Å². The molecular weight excluding hydrogens is 258 g/mol. The van der Waals surface area contributed by atoms with Gasteiger partial charge in [0.1, 0.15) is 5.69 Å². The van der Waals surface area contributed by atoms with Gasteiger partial charge in [-0.1, -0.05) is 0 Å². The van der Waals surface area contributed by atoms with Crippen molar-refractivity contribution in [3.63, 3.8) is 0 Å². The fourth-order valence-corrected chi connectivity index (χ4v) is 3.54. The summed E-state index contributed by atoms with van der Waals surface area (Å²) in [6.07, 6.45) is 4.62. The van der Waals surface area contributed by atoms with E-state index in [4.69, 9.17) is 10.8 Å². The molecule has 1 aromatic heterocycles. The van der Waals surface area contributed by atoms with Crippen molar-refractivity contribution in [3.05, 3.63) is 24.0 Å². The molecule has 2 aliphatic rings. The highest BCUT2D eigenvalue weighted by Gasteiger charge is 2.49. The van der Waals surface area contributed by atoms with E-state index in [2.05, 4.69) is 10.3 Å². The van der Waals surface area contributed by atoms with Gasteiger partial charge >= 0.3 is 5.97 Å². The minimum absolute atomic E-state index is 0.0420. The number of aromatic nitrogens is 1. The molecule has 6 heteroatoms. The molecule has 6 nitrogen and oxygen atoms in total. The van der Waals surface area contributed by atoms with Gasteiger partial charge in [0.25, 0.3) is 0 Å². The Kier molecular flexibility index (Phi) is 3.17. The molecule has 0 radical (unpaired) electrons. The highest BCUT2D eigenvalue weighted by Crippen LogP contribution is 2.47. The predicted molar refractivity (Wildman–Crippen MR) is 72.1 cm³/mol. The number of anilines is 1. The van der Waals surface area contributed by atoms with Gasteiger partial charge in [-0.05, 0) is 43.2 Å². The quantitative estimate of drug-likeness (QED) is 0.765. The van der Waals surface area contributed by atoms with Gasteiger partial charge in [0.15, 0.2) is 0 Å². The second-order valence-electron chi connectivity index (χ2n) is 5.66. The molecule has 2 saturated carbocycles. The Balaban J connectivity index is 1.68. The second-order valence-corrected chi connectivity index (χ2v) is 5.66. The number of carbonyl (C=O) groups is 2. The summed E-state index contributed by atoms with van der Waals surface area (Å²) < 4.78 is 0. The number of nitrogens with two attached hydrogens (primary N) is 1. The van der Waals surface area contributed by atoms with Crippen molar-refractivity contribution in [3.8, 4) is 0 Å².